The van der Waals surface area contributed by atoms with Crippen molar-refractivity contribution in [3.05, 3.63) is 95.3 Å². The van der Waals surface area contributed by atoms with E-state index in [-0.39, 0.29) is 17.0 Å². The van der Waals surface area contributed by atoms with Crippen molar-refractivity contribution < 1.29 is 17.6 Å². The molecule has 0 aromatic heterocycles. The molecule has 3 aromatic rings. The van der Waals surface area contributed by atoms with Gasteiger partial charge in [0.25, 0.3) is 15.9 Å². The fraction of sp³-hybridized carbons (Fsp3) is 0.174. The van der Waals surface area contributed by atoms with Gasteiger partial charge in [-0.1, -0.05) is 42.0 Å². The zero-order valence-corrected chi connectivity index (χ0v) is 17.9. The number of aryl methyl sites for hydroxylation is 1. The number of amides is 1. The molecule has 1 amide bonds. The van der Waals surface area contributed by atoms with Gasteiger partial charge < -0.3 is 4.90 Å². The number of hydrogen-bond acceptors (Lipinski definition) is 3. The minimum atomic E-state index is -3.85. The summed E-state index contributed by atoms with van der Waals surface area (Å²) in [6.45, 7) is 2.00. The van der Waals surface area contributed by atoms with E-state index < -0.39 is 21.7 Å². The summed E-state index contributed by atoms with van der Waals surface area (Å²) >= 11 is 0. The maximum atomic E-state index is 13.9. The van der Waals surface area contributed by atoms with Gasteiger partial charge in [-0.2, -0.15) is 0 Å². The van der Waals surface area contributed by atoms with Crippen LogP contribution in [0.4, 0.5) is 10.1 Å². The van der Waals surface area contributed by atoms with Crippen molar-refractivity contribution in [3.63, 3.8) is 0 Å². The summed E-state index contributed by atoms with van der Waals surface area (Å²) < 4.78 is 41.2. The number of halogens is 1. The summed E-state index contributed by atoms with van der Waals surface area (Å²) in [5.41, 5.74) is 2.15. The molecule has 0 radical (unpaired) electrons. The molecule has 0 saturated carbocycles. The molecule has 7 heteroatoms. The van der Waals surface area contributed by atoms with Crippen LogP contribution in [0.15, 0.2) is 77.7 Å². The van der Waals surface area contributed by atoms with Crippen molar-refractivity contribution in [2.75, 3.05) is 18.4 Å². The Morgan fingerprint density at radius 3 is 2.27 bits per heavy atom. The molecule has 0 heterocycles. The fourth-order valence-corrected chi connectivity index (χ4v) is 4.26. The molecule has 0 fully saturated rings. The fourth-order valence-electron chi connectivity index (χ4n) is 3.02. The molecule has 3 aromatic carbocycles. The number of hydrogen-bond donors (Lipinski definition) is 0. The van der Waals surface area contributed by atoms with Crippen LogP contribution in [0.2, 0.25) is 0 Å². The van der Waals surface area contributed by atoms with E-state index in [9.17, 15) is 17.6 Å². The average molecular weight is 427 g/mol. The Kier molecular flexibility index (Phi) is 6.22. The molecule has 0 aliphatic rings. The summed E-state index contributed by atoms with van der Waals surface area (Å²) in [4.78, 5) is 14.2. The van der Waals surface area contributed by atoms with E-state index in [2.05, 4.69) is 0 Å². The first kappa shape index (κ1) is 21.5. The first-order valence-corrected chi connectivity index (χ1v) is 10.8. The lowest BCUT2D eigenvalue weighted by Crippen LogP contribution is -2.28. The van der Waals surface area contributed by atoms with E-state index >= 15 is 0 Å². The van der Waals surface area contributed by atoms with Crippen LogP contribution < -0.4 is 4.31 Å². The van der Waals surface area contributed by atoms with Crippen LogP contribution in [0.25, 0.3) is 0 Å². The quantitative estimate of drug-likeness (QED) is 0.593. The predicted molar refractivity (Wildman–Crippen MR) is 115 cm³/mol. The molecule has 0 bridgehead atoms. The van der Waals surface area contributed by atoms with Crippen molar-refractivity contribution in [3.8, 4) is 0 Å². The van der Waals surface area contributed by atoms with Crippen LogP contribution in [0.3, 0.4) is 0 Å². The Bertz CT molecular complexity index is 1160. The third-order valence-electron chi connectivity index (χ3n) is 4.85. The second-order valence-electron chi connectivity index (χ2n) is 7.09. The number of rotatable bonds is 6. The summed E-state index contributed by atoms with van der Waals surface area (Å²) in [5.74, 6) is -0.790. The molecular formula is C23H23FN2O3S. The minimum Gasteiger partial charge on any atom is -0.337 e. The van der Waals surface area contributed by atoms with Gasteiger partial charge in [0, 0.05) is 31.8 Å². The number of anilines is 1. The molecule has 156 valence electrons. The van der Waals surface area contributed by atoms with Crippen LogP contribution in [0.5, 0.6) is 0 Å². The van der Waals surface area contributed by atoms with Gasteiger partial charge in [0.15, 0.2) is 0 Å². The molecule has 3 rings (SSSR count). The van der Waals surface area contributed by atoms with E-state index in [1.807, 2.05) is 19.1 Å². The second kappa shape index (κ2) is 8.67. The lowest BCUT2D eigenvalue weighted by molar-refractivity contribution is 0.0783. The van der Waals surface area contributed by atoms with Gasteiger partial charge in [-0.3, -0.25) is 9.10 Å². The topological polar surface area (TPSA) is 57.7 Å². The van der Waals surface area contributed by atoms with Gasteiger partial charge in [0.2, 0.25) is 0 Å². The first-order valence-electron chi connectivity index (χ1n) is 9.34. The standard InChI is InChI=1S/C23H23FN2O3S/c1-17-11-13-20(14-12-17)26(3)30(28,29)21-9-6-8-18(15-21)23(27)25(2)16-19-7-4-5-10-22(19)24/h4-15H,16H2,1-3H3. The molecule has 0 atom stereocenters. The van der Waals surface area contributed by atoms with Crippen LogP contribution in [-0.2, 0) is 16.6 Å². The van der Waals surface area contributed by atoms with E-state index in [4.69, 9.17) is 0 Å². The number of carbonyl (C=O) groups is 1. The molecule has 0 saturated heterocycles. The van der Waals surface area contributed by atoms with Gasteiger partial charge >= 0.3 is 0 Å². The van der Waals surface area contributed by atoms with Crippen molar-refractivity contribution in [1.29, 1.82) is 0 Å². The number of carbonyl (C=O) groups excluding carboxylic acids is 1. The molecule has 0 unspecified atom stereocenters. The van der Waals surface area contributed by atoms with Gasteiger partial charge in [0.1, 0.15) is 5.82 Å². The Morgan fingerprint density at radius 1 is 0.933 bits per heavy atom. The monoisotopic (exact) mass is 426 g/mol. The molecule has 0 aliphatic carbocycles. The Hall–Kier alpha value is -3.19. The highest BCUT2D eigenvalue weighted by Crippen LogP contribution is 2.23. The smallest absolute Gasteiger partial charge is 0.264 e. The normalized spacial score (nSPS) is 11.2. The molecule has 0 N–H and O–H groups in total. The Morgan fingerprint density at radius 2 is 1.60 bits per heavy atom. The third-order valence-corrected chi connectivity index (χ3v) is 6.63. The van der Waals surface area contributed by atoms with Gasteiger partial charge in [-0.05, 0) is 43.3 Å². The molecule has 0 aliphatic heterocycles. The molecule has 5 nitrogen and oxygen atoms in total. The van der Waals surface area contributed by atoms with Crippen LogP contribution >= 0.6 is 0 Å². The summed E-state index contributed by atoms with van der Waals surface area (Å²) in [7, 11) is -0.829. The highest BCUT2D eigenvalue weighted by Gasteiger charge is 2.23. The van der Waals surface area contributed by atoms with E-state index in [0.29, 0.717) is 11.3 Å². The summed E-state index contributed by atoms with van der Waals surface area (Å²) in [6, 6.07) is 19.2. The summed E-state index contributed by atoms with van der Waals surface area (Å²) in [6.07, 6.45) is 0. The van der Waals surface area contributed by atoms with Crippen LogP contribution in [0, 0.1) is 12.7 Å². The predicted octanol–water partition coefficient (Wildman–Crippen LogP) is 4.23. The van der Waals surface area contributed by atoms with Gasteiger partial charge in [-0.25, -0.2) is 12.8 Å². The SMILES string of the molecule is Cc1ccc(N(C)S(=O)(=O)c2cccc(C(=O)N(C)Cc3ccccc3F)c2)cc1. The lowest BCUT2D eigenvalue weighted by atomic mass is 10.1. The summed E-state index contributed by atoms with van der Waals surface area (Å²) in [5, 5.41) is 0. The van der Waals surface area contributed by atoms with Gasteiger partial charge in [0.05, 0.1) is 10.6 Å². The minimum absolute atomic E-state index is 0.00992. The van der Waals surface area contributed by atoms with E-state index in [0.717, 1.165) is 5.56 Å². The average Bonchev–Trinajstić information content (AvgIpc) is 2.75. The molecule has 0 spiro atoms. The maximum Gasteiger partial charge on any atom is 0.264 e. The number of sulfonamides is 1. The Balaban J connectivity index is 1.85. The largest absolute Gasteiger partial charge is 0.337 e. The lowest BCUT2D eigenvalue weighted by Gasteiger charge is -2.21. The van der Waals surface area contributed by atoms with Crippen LogP contribution in [0.1, 0.15) is 21.5 Å². The van der Waals surface area contributed by atoms with Gasteiger partial charge in [-0.15, -0.1) is 0 Å². The molecular weight excluding hydrogens is 403 g/mol. The highest BCUT2D eigenvalue weighted by atomic mass is 32.2. The van der Waals surface area contributed by atoms with Crippen molar-refractivity contribution in [2.24, 2.45) is 0 Å². The van der Waals surface area contributed by atoms with E-state index in [1.54, 1.807) is 43.4 Å². The first-order chi connectivity index (χ1) is 14.2. The maximum absolute atomic E-state index is 13.9. The van der Waals surface area contributed by atoms with Crippen molar-refractivity contribution in [2.45, 2.75) is 18.4 Å². The highest BCUT2D eigenvalue weighted by molar-refractivity contribution is 7.92. The molecule has 30 heavy (non-hydrogen) atoms. The van der Waals surface area contributed by atoms with E-state index in [1.165, 1.54) is 40.5 Å². The Labute approximate surface area is 176 Å². The zero-order valence-electron chi connectivity index (χ0n) is 17.0. The van der Waals surface area contributed by atoms with Crippen LogP contribution in [-0.4, -0.2) is 33.3 Å². The third kappa shape index (κ3) is 4.52. The zero-order chi connectivity index (χ0) is 21.9. The second-order valence-corrected chi connectivity index (χ2v) is 9.06. The van der Waals surface area contributed by atoms with Crippen molar-refractivity contribution >= 4 is 21.6 Å². The number of benzene rings is 3. The number of nitrogens with zero attached hydrogens (tertiary/aromatic N) is 2. The van der Waals surface area contributed by atoms with Crippen molar-refractivity contribution in [1.82, 2.24) is 4.90 Å².